The van der Waals surface area contributed by atoms with Crippen LogP contribution in [0.2, 0.25) is 0 Å². The van der Waals surface area contributed by atoms with E-state index in [1.54, 1.807) is 6.20 Å². The first-order chi connectivity index (χ1) is 20.1. The number of hydrogen-bond donors (Lipinski definition) is 2. The van der Waals surface area contributed by atoms with Crippen LogP contribution in [-0.4, -0.2) is 87.2 Å². The maximum atomic E-state index is 13.4. The molecule has 0 aliphatic carbocycles. The molecule has 226 valence electrons. The third-order valence-corrected chi connectivity index (χ3v) is 8.56. The highest BCUT2D eigenvalue weighted by molar-refractivity contribution is 5.99. The summed E-state index contributed by atoms with van der Waals surface area (Å²) in [5.41, 5.74) is 10.1. The minimum Gasteiger partial charge on any atom is -0.402 e. The smallest absolute Gasteiger partial charge is 0.315 e. The summed E-state index contributed by atoms with van der Waals surface area (Å²) in [5.74, 6) is 1.30. The van der Waals surface area contributed by atoms with E-state index in [-0.39, 0.29) is 11.3 Å². The molecule has 4 heterocycles. The van der Waals surface area contributed by atoms with E-state index in [1.807, 2.05) is 36.9 Å². The molecule has 5 rings (SSSR count). The molecule has 0 radical (unpaired) electrons. The number of nitrogens with two attached hydrogens (primary N) is 1. The van der Waals surface area contributed by atoms with E-state index in [4.69, 9.17) is 20.1 Å². The van der Waals surface area contributed by atoms with E-state index in [2.05, 4.69) is 53.0 Å². The Balaban J connectivity index is 1.19. The number of anilines is 3. The molecule has 2 fully saturated rings. The maximum absolute atomic E-state index is 13.4. The minimum atomic E-state index is -0.00584. The van der Waals surface area contributed by atoms with Gasteiger partial charge in [-0.05, 0) is 56.2 Å². The molecule has 1 aromatic carbocycles. The van der Waals surface area contributed by atoms with Crippen molar-refractivity contribution >= 4 is 23.4 Å². The largest absolute Gasteiger partial charge is 0.402 e. The van der Waals surface area contributed by atoms with E-state index >= 15 is 0 Å². The third kappa shape index (κ3) is 6.21. The number of piperidine rings is 1. The SMILES string of the molecule is CCNc1nnc(-c2cnc(N3CCN(C4CCN(C(=O)c5ccc(C(C)(C)C)cc5N)CC4)C(CC)C3)c(C)n2)o1. The zero-order chi connectivity index (χ0) is 30.0. The average Bonchev–Trinajstić information content (AvgIpc) is 3.45. The van der Waals surface area contributed by atoms with Gasteiger partial charge in [-0.3, -0.25) is 9.69 Å². The number of likely N-dealkylation sites (tertiary alicyclic amines) is 1. The van der Waals surface area contributed by atoms with Crippen LogP contribution in [0.1, 0.15) is 75.5 Å². The van der Waals surface area contributed by atoms with Crippen LogP contribution in [-0.2, 0) is 5.41 Å². The Hall–Kier alpha value is -3.73. The van der Waals surface area contributed by atoms with Gasteiger partial charge in [0, 0.05) is 57.0 Å². The van der Waals surface area contributed by atoms with Gasteiger partial charge in [0.25, 0.3) is 11.8 Å². The number of aromatic nitrogens is 4. The van der Waals surface area contributed by atoms with E-state index in [1.165, 1.54) is 0 Å². The number of hydrogen-bond acceptors (Lipinski definition) is 10. The maximum Gasteiger partial charge on any atom is 0.315 e. The molecule has 2 aromatic heterocycles. The molecule has 1 atom stereocenters. The quantitative estimate of drug-likeness (QED) is 0.392. The molecule has 1 unspecified atom stereocenters. The number of nitrogen functional groups attached to an aromatic ring is 1. The molecule has 11 nitrogen and oxygen atoms in total. The molecular formula is C31H45N9O2. The fraction of sp³-hybridized carbons (Fsp3) is 0.581. The van der Waals surface area contributed by atoms with E-state index in [0.29, 0.717) is 47.5 Å². The fourth-order valence-corrected chi connectivity index (χ4v) is 6.14. The van der Waals surface area contributed by atoms with E-state index < -0.39 is 0 Å². The van der Waals surface area contributed by atoms with E-state index in [9.17, 15) is 4.79 Å². The number of carbonyl (C=O) groups excluding carboxylic acids is 1. The van der Waals surface area contributed by atoms with Gasteiger partial charge in [-0.25, -0.2) is 9.97 Å². The van der Waals surface area contributed by atoms with Crippen LogP contribution in [0.25, 0.3) is 11.6 Å². The number of rotatable bonds is 7. The zero-order valence-corrected chi connectivity index (χ0v) is 25.9. The van der Waals surface area contributed by atoms with Crippen molar-refractivity contribution in [1.29, 1.82) is 0 Å². The van der Waals surface area contributed by atoms with Crippen LogP contribution >= 0.6 is 0 Å². The van der Waals surface area contributed by atoms with Gasteiger partial charge in [0.2, 0.25) is 0 Å². The molecule has 3 aromatic rings. The van der Waals surface area contributed by atoms with Crippen molar-refractivity contribution in [2.24, 2.45) is 0 Å². The monoisotopic (exact) mass is 575 g/mol. The van der Waals surface area contributed by atoms with Crippen molar-refractivity contribution in [3.8, 4) is 11.6 Å². The number of piperazine rings is 1. The van der Waals surface area contributed by atoms with Crippen molar-refractivity contribution in [3.05, 3.63) is 41.2 Å². The Labute approximate surface area is 248 Å². The van der Waals surface area contributed by atoms with E-state index in [0.717, 1.165) is 69.1 Å². The van der Waals surface area contributed by atoms with Gasteiger partial charge in [-0.15, -0.1) is 5.10 Å². The first-order valence-corrected chi connectivity index (χ1v) is 15.2. The fourth-order valence-electron chi connectivity index (χ4n) is 6.14. The zero-order valence-electron chi connectivity index (χ0n) is 25.9. The number of benzene rings is 1. The van der Waals surface area contributed by atoms with Crippen molar-refractivity contribution in [2.45, 2.75) is 78.3 Å². The topological polar surface area (TPSA) is 130 Å². The van der Waals surface area contributed by atoms with Crippen molar-refractivity contribution in [1.82, 2.24) is 30.0 Å². The minimum absolute atomic E-state index is 0.00584. The summed E-state index contributed by atoms with van der Waals surface area (Å²) >= 11 is 0. The molecular weight excluding hydrogens is 530 g/mol. The predicted octanol–water partition coefficient (Wildman–Crippen LogP) is 4.35. The Morgan fingerprint density at radius 2 is 1.88 bits per heavy atom. The molecule has 0 saturated carbocycles. The second-order valence-corrected chi connectivity index (χ2v) is 12.4. The summed E-state index contributed by atoms with van der Waals surface area (Å²) in [6.07, 6.45) is 4.70. The van der Waals surface area contributed by atoms with Crippen LogP contribution < -0.4 is 16.0 Å². The summed E-state index contributed by atoms with van der Waals surface area (Å²) in [4.78, 5) is 29.8. The number of carbonyl (C=O) groups is 1. The lowest BCUT2D eigenvalue weighted by Crippen LogP contribution is -2.59. The van der Waals surface area contributed by atoms with Gasteiger partial charge in [0.05, 0.1) is 17.5 Å². The molecule has 11 heteroatoms. The Kier molecular flexibility index (Phi) is 8.68. The lowest BCUT2D eigenvalue weighted by atomic mass is 9.86. The highest BCUT2D eigenvalue weighted by atomic mass is 16.4. The summed E-state index contributed by atoms with van der Waals surface area (Å²) in [6.45, 7) is 17.6. The summed E-state index contributed by atoms with van der Waals surface area (Å²) in [6, 6.07) is 7.14. The Bertz CT molecular complexity index is 1390. The van der Waals surface area contributed by atoms with Crippen LogP contribution in [0.15, 0.2) is 28.8 Å². The summed E-state index contributed by atoms with van der Waals surface area (Å²) in [7, 11) is 0. The normalized spacial score (nSPS) is 18.9. The molecule has 0 bridgehead atoms. The molecule has 2 aliphatic heterocycles. The highest BCUT2D eigenvalue weighted by Crippen LogP contribution is 2.30. The van der Waals surface area contributed by atoms with Gasteiger partial charge in [-0.2, -0.15) is 0 Å². The molecule has 42 heavy (non-hydrogen) atoms. The molecule has 1 amide bonds. The van der Waals surface area contributed by atoms with Crippen LogP contribution in [0.4, 0.5) is 17.5 Å². The van der Waals surface area contributed by atoms with Gasteiger partial charge >= 0.3 is 6.01 Å². The van der Waals surface area contributed by atoms with Crippen LogP contribution in [0, 0.1) is 6.92 Å². The van der Waals surface area contributed by atoms with Gasteiger partial charge < -0.3 is 25.3 Å². The number of aryl methyl sites for hydroxylation is 1. The first-order valence-electron chi connectivity index (χ1n) is 15.2. The highest BCUT2D eigenvalue weighted by Gasteiger charge is 2.35. The average molecular weight is 576 g/mol. The summed E-state index contributed by atoms with van der Waals surface area (Å²) in [5, 5.41) is 11.1. The number of amides is 1. The summed E-state index contributed by atoms with van der Waals surface area (Å²) < 4.78 is 5.65. The Morgan fingerprint density at radius 1 is 1.12 bits per heavy atom. The van der Waals surface area contributed by atoms with Gasteiger partial charge in [0.15, 0.2) is 0 Å². The van der Waals surface area contributed by atoms with Gasteiger partial charge in [0.1, 0.15) is 11.5 Å². The first kappa shape index (κ1) is 29.8. The number of nitrogens with zero attached hydrogens (tertiary/aromatic N) is 7. The van der Waals surface area contributed by atoms with Crippen molar-refractivity contribution in [2.75, 3.05) is 55.2 Å². The predicted molar refractivity (Wildman–Crippen MR) is 166 cm³/mol. The number of nitrogens with one attached hydrogen (secondary N) is 1. The van der Waals surface area contributed by atoms with Crippen molar-refractivity contribution < 1.29 is 9.21 Å². The van der Waals surface area contributed by atoms with Crippen molar-refractivity contribution in [3.63, 3.8) is 0 Å². The molecule has 2 aliphatic rings. The second kappa shape index (κ2) is 12.2. The standard InChI is InChI=1S/C31H45N9O2/c1-7-22-19-39(27-20(3)35-26(18-34-27)28-36-37-30(42-28)33-8-2)15-16-40(22)23-11-13-38(14-12-23)29(41)24-10-9-21(17-25(24)32)31(4,5)6/h9-10,17-18,22-23H,7-8,11-16,19,32H2,1-6H3,(H,33,37). The lowest BCUT2D eigenvalue weighted by Gasteiger charge is -2.47. The van der Waals surface area contributed by atoms with Gasteiger partial charge in [-0.1, -0.05) is 38.9 Å². The molecule has 0 spiro atoms. The van der Waals surface area contributed by atoms with Crippen LogP contribution in [0.3, 0.4) is 0 Å². The lowest BCUT2D eigenvalue weighted by molar-refractivity contribution is 0.0491. The molecule has 3 N–H and O–H groups in total. The second-order valence-electron chi connectivity index (χ2n) is 12.4. The van der Waals surface area contributed by atoms with Crippen LogP contribution in [0.5, 0.6) is 0 Å². The third-order valence-electron chi connectivity index (χ3n) is 8.56. The Morgan fingerprint density at radius 3 is 2.52 bits per heavy atom. The molecule has 2 saturated heterocycles.